The molecule has 2 N–H and O–H groups in total. The van der Waals surface area contributed by atoms with E-state index in [4.69, 9.17) is 14.6 Å². The third kappa shape index (κ3) is 57.2. The predicted molar refractivity (Wildman–Crippen MR) is 327 cm³/mol. The van der Waals surface area contributed by atoms with Gasteiger partial charge in [-0.25, -0.2) is 0 Å². The van der Waals surface area contributed by atoms with E-state index < -0.39 is 0 Å². The minimum absolute atomic E-state index is 0.250. The lowest BCUT2D eigenvalue weighted by atomic mass is 9.91. The van der Waals surface area contributed by atoms with E-state index >= 15 is 0 Å². The molecule has 1 aliphatic rings. The fraction of sp³-hybridized carbons (Fsp3) is 0.859. The summed E-state index contributed by atoms with van der Waals surface area (Å²) in [6.07, 6.45) is 55.2. The van der Waals surface area contributed by atoms with E-state index in [1.807, 2.05) is 0 Å². The van der Waals surface area contributed by atoms with Crippen LogP contribution in [-0.4, -0.2) is 54.5 Å². The normalized spacial score (nSPS) is 12.1. The van der Waals surface area contributed by atoms with Crippen LogP contribution < -0.4 is 16.2 Å². The molecule has 1 saturated carbocycles. The monoisotopic (exact) mass is 1030 g/mol. The van der Waals surface area contributed by atoms with Gasteiger partial charge in [0, 0.05) is 12.1 Å². The molecule has 0 aliphatic heterocycles. The van der Waals surface area contributed by atoms with Crippen LogP contribution >= 0.6 is 12.6 Å². The molecule has 2 unspecified atom stereocenters. The van der Waals surface area contributed by atoms with Gasteiger partial charge in [0.2, 0.25) is 10.9 Å². The summed E-state index contributed by atoms with van der Waals surface area (Å²) in [6.45, 7) is 31.4. The molecule has 0 aromatic heterocycles. The largest absolute Gasteiger partial charge is 0.499 e. The van der Waals surface area contributed by atoms with Crippen molar-refractivity contribution in [1.82, 2.24) is 4.90 Å². The number of hydrogen-bond acceptors (Lipinski definition) is 7. The van der Waals surface area contributed by atoms with Crippen molar-refractivity contribution in [1.29, 1.82) is 0 Å². The summed E-state index contributed by atoms with van der Waals surface area (Å²) in [4.78, 5) is 34.1. The Morgan fingerprint density at radius 2 is 0.944 bits per heavy atom. The lowest BCUT2D eigenvalue weighted by molar-refractivity contribution is -0.122. The first-order valence-corrected chi connectivity index (χ1v) is 31.5. The Kier molecular flexibility index (Phi) is 69.1. The number of ether oxygens (including phenoxy) is 1. The summed E-state index contributed by atoms with van der Waals surface area (Å²) in [5.74, 6) is 2.88. The Labute approximate surface area is 455 Å². The van der Waals surface area contributed by atoms with Crippen molar-refractivity contribution in [3.8, 4) is 0 Å². The van der Waals surface area contributed by atoms with Crippen molar-refractivity contribution >= 4 is 24.8 Å². The highest BCUT2D eigenvalue weighted by atomic mass is 32.1. The van der Waals surface area contributed by atoms with Crippen LogP contribution in [0.15, 0.2) is 35.6 Å². The number of nitrogens with one attached hydrogen (secondary N) is 1. The molecule has 0 spiro atoms. The fourth-order valence-corrected chi connectivity index (χ4v) is 9.27. The van der Waals surface area contributed by atoms with Crippen LogP contribution in [0.2, 0.25) is 0 Å². The zero-order valence-electron chi connectivity index (χ0n) is 49.6. The maximum atomic E-state index is 11.7. The Balaban J connectivity index is -0.000000545. The Morgan fingerprint density at radius 1 is 0.569 bits per heavy atom. The third-order valence-electron chi connectivity index (χ3n) is 13.9. The third-order valence-corrected chi connectivity index (χ3v) is 14.2. The van der Waals surface area contributed by atoms with Gasteiger partial charge in [0.1, 0.15) is 0 Å². The van der Waals surface area contributed by atoms with Gasteiger partial charge < -0.3 is 20.1 Å². The highest BCUT2D eigenvalue weighted by Gasteiger charge is 2.16. The molecule has 2 atom stereocenters. The Morgan fingerprint density at radius 3 is 1.29 bits per heavy atom. The molecule has 0 bridgehead atoms. The molecule has 1 fully saturated rings. The summed E-state index contributed by atoms with van der Waals surface area (Å²) < 4.78 is 5.66. The van der Waals surface area contributed by atoms with Crippen LogP contribution in [0.4, 0.5) is 5.69 Å². The molecule has 428 valence electrons. The molecule has 0 saturated heterocycles. The quantitative estimate of drug-likeness (QED) is 0.0149. The second-order valence-corrected chi connectivity index (χ2v) is 21.3. The number of rotatable bonds is 46. The van der Waals surface area contributed by atoms with E-state index in [0.717, 1.165) is 37.1 Å². The lowest BCUT2D eigenvalue weighted by Gasteiger charge is -2.23. The fourth-order valence-electron chi connectivity index (χ4n) is 8.83. The van der Waals surface area contributed by atoms with Crippen molar-refractivity contribution in [2.75, 3.05) is 37.2 Å². The highest BCUT2D eigenvalue weighted by Crippen LogP contribution is 2.23. The van der Waals surface area contributed by atoms with Gasteiger partial charge >= 0.3 is 0 Å². The number of anilines is 1. The molecule has 7 nitrogen and oxygen atoms in total. The molecule has 1 aliphatic carbocycles. The summed E-state index contributed by atoms with van der Waals surface area (Å²) in [5.41, 5.74) is 0.500. The van der Waals surface area contributed by atoms with E-state index in [-0.39, 0.29) is 17.3 Å². The van der Waals surface area contributed by atoms with E-state index in [2.05, 4.69) is 91.0 Å². The minimum atomic E-state index is -0.334. The van der Waals surface area contributed by atoms with E-state index in [9.17, 15) is 9.59 Å². The molecular weight excluding hydrogens is 909 g/mol. The standard InChI is InChI=1S/C33H62N2O2.C19H38O.C6H14S.C3H6.C2H4.CH2O2/c1-5-8-10-12-15-19-26-35(28-21-25-34-31-29(4)32(36)33(31)37)27-20-16-13-14-18-24-30(22-7-3)23-17-11-9-6-2;1-4-7-9-11-13-15-17-19(20-6-3)18-16-14-12-10-8-5-2;1-3-6(2)4-5-7;1-2-3-1;1-2;2-1-3/h30,34H,5-28H2,1-4H3;6,19H,3-5,7-18H2,1-2H3;6-7H,3-5H2,1-2H3;1-3H2;1-2H2;1H,(H,2,3). The zero-order valence-corrected chi connectivity index (χ0v) is 50.5. The summed E-state index contributed by atoms with van der Waals surface area (Å²) in [6, 6.07) is 0. The van der Waals surface area contributed by atoms with Crippen molar-refractivity contribution in [3.63, 3.8) is 0 Å². The molecule has 1 aromatic carbocycles. The summed E-state index contributed by atoms with van der Waals surface area (Å²) in [7, 11) is 0. The molecule has 8 heteroatoms. The van der Waals surface area contributed by atoms with Crippen LogP contribution in [0, 0.1) is 18.8 Å². The van der Waals surface area contributed by atoms with Crippen molar-refractivity contribution in [2.24, 2.45) is 11.8 Å². The van der Waals surface area contributed by atoms with Crippen molar-refractivity contribution in [2.45, 2.75) is 312 Å². The van der Waals surface area contributed by atoms with Gasteiger partial charge in [0.05, 0.1) is 18.1 Å². The van der Waals surface area contributed by atoms with Gasteiger partial charge in [-0.2, -0.15) is 12.6 Å². The molecule has 72 heavy (non-hydrogen) atoms. The number of carboxylic acid groups (broad SMARTS) is 1. The van der Waals surface area contributed by atoms with E-state index in [0.29, 0.717) is 17.4 Å². The van der Waals surface area contributed by atoms with Crippen LogP contribution in [0.1, 0.15) is 304 Å². The van der Waals surface area contributed by atoms with Gasteiger partial charge in [-0.05, 0) is 95.5 Å². The number of carbonyl (C=O) groups is 1. The second-order valence-electron chi connectivity index (χ2n) is 20.8. The maximum absolute atomic E-state index is 11.7. The number of unbranched alkanes of at least 4 members (excludes halogenated alkanes) is 22. The van der Waals surface area contributed by atoms with Crippen LogP contribution in [-0.2, 0) is 9.53 Å². The smallest absolute Gasteiger partial charge is 0.290 e. The first-order valence-electron chi connectivity index (χ1n) is 30.8. The average molecular weight is 1040 g/mol. The lowest BCUT2D eigenvalue weighted by Crippen LogP contribution is -2.37. The van der Waals surface area contributed by atoms with E-state index in [1.165, 1.54) is 257 Å². The topological polar surface area (TPSA) is 95.9 Å². The number of nitrogens with zero attached hydrogens (tertiary/aromatic N) is 1. The first-order chi connectivity index (χ1) is 35.1. The van der Waals surface area contributed by atoms with Gasteiger partial charge in [-0.3, -0.25) is 14.4 Å². The SMILES string of the molecule is C1CC1.C=C.C=COC(CCCCCCCC)CCCCCCCC.CCC(C)CCS.CCCCCCCCN(CCCCCCCC(CCC)CCCCCC)CCCNc1c(C)c(=O)c1=O.O=CO. The number of hydrogen-bond donors (Lipinski definition) is 3. The molecule has 0 amide bonds. The Bertz CT molecular complexity index is 1250. The van der Waals surface area contributed by atoms with Gasteiger partial charge in [-0.1, -0.05) is 254 Å². The Hall–Kier alpha value is -2.06. The average Bonchev–Trinajstić information content (AvgIpc) is 4.29. The highest BCUT2D eigenvalue weighted by molar-refractivity contribution is 7.80. The molecular formula is C64H126N2O5S. The minimum Gasteiger partial charge on any atom is -0.499 e. The molecule has 0 heterocycles. The van der Waals surface area contributed by atoms with Crippen LogP contribution in [0.25, 0.3) is 0 Å². The van der Waals surface area contributed by atoms with Gasteiger partial charge in [-0.15, -0.1) is 13.2 Å². The van der Waals surface area contributed by atoms with Crippen molar-refractivity contribution in [3.05, 3.63) is 52.0 Å². The van der Waals surface area contributed by atoms with E-state index in [1.54, 1.807) is 13.2 Å². The second kappa shape index (κ2) is 65.1. The van der Waals surface area contributed by atoms with Crippen LogP contribution in [0.3, 0.4) is 0 Å². The molecule has 2 rings (SSSR count). The summed E-state index contributed by atoms with van der Waals surface area (Å²) >= 11 is 4.11. The van der Waals surface area contributed by atoms with Gasteiger partial charge in [0.25, 0.3) is 6.47 Å². The summed E-state index contributed by atoms with van der Waals surface area (Å²) in [5, 5.41) is 10.1. The first kappa shape index (κ1) is 76.4. The zero-order chi connectivity index (χ0) is 54.6. The predicted octanol–water partition coefficient (Wildman–Crippen LogP) is 19.8. The van der Waals surface area contributed by atoms with Crippen LogP contribution in [0.5, 0.6) is 0 Å². The number of thiol groups is 1. The van der Waals surface area contributed by atoms with Crippen molar-refractivity contribution < 1.29 is 14.6 Å². The molecule has 0 radical (unpaired) electrons. The molecule has 1 aromatic rings. The van der Waals surface area contributed by atoms with Gasteiger partial charge in [0.15, 0.2) is 0 Å². The maximum Gasteiger partial charge on any atom is 0.290 e.